The zero-order chi connectivity index (χ0) is 39.6. The third-order valence-corrected chi connectivity index (χ3v) is 12.8. The molecule has 13 heteroatoms. The second-order valence-corrected chi connectivity index (χ2v) is 17.1. The van der Waals surface area contributed by atoms with Crippen molar-refractivity contribution in [3.8, 4) is 0 Å². The highest BCUT2D eigenvalue weighted by molar-refractivity contribution is 5.73. The summed E-state index contributed by atoms with van der Waals surface area (Å²) in [5, 5.41) is 53.8. The Morgan fingerprint density at radius 3 is 2.13 bits per heavy atom. The van der Waals surface area contributed by atoms with Crippen LogP contribution in [0.25, 0.3) is 0 Å². The Kier molecular flexibility index (Phi) is 15.6. The van der Waals surface area contributed by atoms with Crippen LogP contribution in [0.15, 0.2) is 0 Å². The summed E-state index contributed by atoms with van der Waals surface area (Å²) in [7, 11) is 3.47. The van der Waals surface area contributed by atoms with Crippen molar-refractivity contribution >= 4 is 5.97 Å². The standard InChI is InChI=1S/C39H74N2O11/c1-15-29-38(12,45)32(42)26(8)41-20-21(3)18-36(10,44)33(52-35-23(5)28(40-13)17-22(4)48-35)24(6)31(25(7)34(43)50-29)51-30-19-37(11,47-14)39(46,16-2)27(9)49-30/h21-33,35,40-42,44-46H,15-20H2,1-14H3/t21-,22-,23-,24+,25-,26-,27+,28+,29-,30+,31+,32-,33-,35+,36-,37-,38-,39+/m1/s1. The smallest absolute Gasteiger partial charge is 0.311 e. The third kappa shape index (κ3) is 9.51. The maximum atomic E-state index is 14.2. The van der Waals surface area contributed by atoms with E-state index in [-0.39, 0.29) is 36.8 Å². The van der Waals surface area contributed by atoms with E-state index in [1.807, 2.05) is 41.7 Å². The number of aliphatic hydroxyl groups excluding tert-OH is 1. The van der Waals surface area contributed by atoms with Crippen LogP contribution in [-0.4, -0.2) is 131 Å². The molecule has 3 rings (SSSR count). The summed E-state index contributed by atoms with van der Waals surface area (Å²) >= 11 is 0. The van der Waals surface area contributed by atoms with Crippen molar-refractivity contribution in [1.82, 2.24) is 10.6 Å². The molecule has 0 unspecified atom stereocenters. The summed E-state index contributed by atoms with van der Waals surface area (Å²) in [4.78, 5) is 14.2. The molecule has 0 amide bonds. The van der Waals surface area contributed by atoms with Gasteiger partial charge >= 0.3 is 5.97 Å². The lowest BCUT2D eigenvalue weighted by molar-refractivity contribution is -0.336. The number of carbonyl (C=O) groups excluding carboxylic acids is 1. The van der Waals surface area contributed by atoms with Gasteiger partial charge in [0, 0.05) is 37.5 Å². The molecular weight excluding hydrogens is 672 g/mol. The fourth-order valence-electron chi connectivity index (χ4n) is 9.13. The maximum Gasteiger partial charge on any atom is 0.311 e. The Morgan fingerprint density at radius 2 is 1.58 bits per heavy atom. The summed E-state index contributed by atoms with van der Waals surface area (Å²) in [6, 6.07) is -0.438. The Hall–Kier alpha value is -0.970. The SMILES string of the molecule is CC[C@H]1OC(=O)[C@H](C)[C@@H](O[C@H]2C[C@@](C)(OC)[C@](O)(CC)[C@H](C)O2)[C@H](C)[C@@H](O[C@@H]2O[C@H](C)C[C@H](NC)[C@H]2C)[C@](C)(O)C[C@@H](C)CN[C@H](C)[C@@H](O)[C@]1(C)O. The number of hydrogen-bond acceptors (Lipinski definition) is 13. The second kappa shape index (κ2) is 17.9. The van der Waals surface area contributed by atoms with Crippen LogP contribution in [0.2, 0.25) is 0 Å². The highest BCUT2D eigenvalue weighted by Crippen LogP contribution is 2.44. The van der Waals surface area contributed by atoms with Gasteiger partial charge in [-0.05, 0) is 93.7 Å². The van der Waals surface area contributed by atoms with Crippen LogP contribution in [-0.2, 0) is 33.2 Å². The lowest BCUT2D eigenvalue weighted by Gasteiger charge is -2.53. The van der Waals surface area contributed by atoms with Gasteiger partial charge in [-0.3, -0.25) is 4.79 Å². The Labute approximate surface area is 313 Å². The van der Waals surface area contributed by atoms with Gasteiger partial charge in [-0.1, -0.05) is 34.6 Å². The predicted molar refractivity (Wildman–Crippen MR) is 197 cm³/mol. The first-order valence-corrected chi connectivity index (χ1v) is 19.7. The van der Waals surface area contributed by atoms with Crippen LogP contribution in [0.5, 0.6) is 0 Å². The molecule has 0 saturated carbocycles. The number of esters is 1. The molecule has 3 saturated heterocycles. The van der Waals surface area contributed by atoms with E-state index < -0.39 is 89.4 Å². The summed E-state index contributed by atoms with van der Waals surface area (Å²) in [5.41, 5.74) is -5.57. The highest BCUT2D eigenvalue weighted by atomic mass is 16.7. The van der Waals surface area contributed by atoms with Gasteiger partial charge in [0.05, 0.1) is 35.9 Å². The molecule has 3 aliphatic rings. The Balaban J connectivity index is 2.16. The summed E-state index contributed by atoms with van der Waals surface area (Å²) < 4.78 is 38.4. The van der Waals surface area contributed by atoms with Crippen LogP contribution in [0.4, 0.5) is 0 Å². The molecule has 0 radical (unpaired) electrons. The minimum absolute atomic E-state index is 0.0619. The van der Waals surface area contributed by atoms with Crippen LogP contribution >= 0.6 is 0 Å². The van der Waals surface area contributed by atoms with E-state index in [9.17, 15) is 25.2 Å². The molecule has 52 heavy (non-hydrogen) atoms. The molecule has 3 aliphatic heterocycles. The van der Waals surface area contributed by atoms with Crippen LogP contribution in [0.1, 0.15) is 115 Å². The van der Waals surface area contributed by atoms with E-state index in [4.69, 9.17) is 28.4 Å². The van der Waals surface area contributed by atoms with Gasteiger partial charge in [-0.15, -0.1) is 0 Å². The predicted octanol–water partition coefficient (Wildman–Crippen LogP) is 3.27. The number of aliphatic hydroxyl groups is 4. The van der Waals surface area contributed by atoms with E-state index >= 15 is 0 Å². The number of hydrogen-bond donors (Lipinski definition) is 6. The molecule has 3 heterocycles. The molecule has 3 fully saturated rings. The molecule has 0 bridgehead atoms. The molecule has 306 valence electrons. The van der Waals surface area contributed by atoms with Crippen molar-refractivity contribution in [3.05, 3.63) is 0 Å². The maximum absolute atomic E-state index is 14.2. The number of cyclic esters (lactones) is 1. The third-order valence-electron chi connectivity index (χ3n) is 12.8. The lowest BCUT2D eigenvalue weighted by atomic mass is 9.74. The van der Waals surface area contributed by atoms with Crippen LogP contribution < -0.4 is 10.6 Å². The average molecular weight is 747 g/mol. The summed E-state index contributed by atoms with van der Waals surface area (Å²) in [6.07, 6.45) is -4.61. The molecule has 0 aromatic heterocycles. The number of nitrogens with one attached hydrogen (secondary N) is 2. The zero-order valence-corrected chi connectivity index (χ0v) is 34.5. The van der Waals surface area contributed by atoms with Crippen LogP contribution in [0, 0.1) is 23.7 Å². The second-order valence-electron chi connectivity index (χ2n) is 17.1. The van der Waals surface area contributed by atoms with Gasteiger partial charge in [0.2, 0.25) is 0 Å². The molecular formula is C39H74N2O11. The first-order valence-electron chi connectivity index (χ1n) is 19.7. The molecule has 0 aliphatic carbocycles. The summed E-state index contributed by atoms with van der Waals surface area (Å²) in [5.74, 6) is -2.40. The molecule has 6 N–H and O–H groups in total. The van der Waals surface area contributed by atoms with Gasteiger partial charge in [0.15, 0.2) is 12.6 Å². The van der Waals surface area contributed by atoms with Gasteiger partial charge in [-0.2, -0.15) is 0 Å². The number of rotatable bonds is 8. The molecule has 0 spiro atoms. The number of methoxy groups -OCH3 is 1. The Bertz CT molecular complexity index is 1140. The molecule has 18 atom stereocenters. The van der Waals surface area contributed by atoms with Crippen molar-refractivity contribution in [2.75, 3.05) is 20.7 Å². The van der Waals surface area contributed by atoms with E-state index in [1.165, 1.54) is 6.92 Å². The van der Waals surface area contributed by atoms with Crippen molar-refractivity contribution in [3.63, 3.8) is 0 Å². The van der Waals surface area contributed by atoms with E-state index in [1.54, 1.807) is 41.7 Å². The monoisotopic (exact) mass is 747 g/mol. The normalized spacial score (nSPS) is 50.5. The van der Waals surface area contributed by atoms with Gasteiger partial charge in [0.25, 0.3) is 0 Å². The van der Waals surface area contributed by atoms with Crippen LogP contribution in [0.3, 0.4) is 0 Å². The summed E-state index contributed by atoms with van der Waals surface area (Å²) in [6.45, 7) is 22.4. The van der Waals surface area contributed by atoms with E-state index in [0.29, 0.717) is 19.4 Å². The fraction of sp³-hybridized carbons (Fsp3) is 0.974. The molecule has 0 aromatic rings. The average Bonchev–Trinajstić information content (AvgIpc) is 3.08. The topological polar surface area (TPSA) is 177 Å². The minimum atomic E-state index is -1.78. The van der Waals surface area contributed by atoms with E-state index in [2.05, 4.69) is 17.6 Å². The quantitative estimate of drug-likeness (QED) is 0.200. The highest BCUT2D eigenvalue weighted by Gasteiger charge is 2.57. The molecule has 13 nitrogen and oxygen atoms in total. The number of ether oxygens (including phenoxy) is 6. The zero-order valence-electron chi connectivity index (χ0n) is 34.5. The van der Waals surface area contributed by atoms with E-state index in [0.717, 1.165) is 6.42 Å². The van der Waals surface area contributed by atoms with Gasteiger partial charge in [-0.25, -0.2) is 0 Å². The first kappa shape index (κ1) is 45.4. The largest absolute Gasteiger partial charge is 0.459 e. The minimum Gasteiger partial charge on any atom is -0.459 e. The number of carbonyl (C=O) groups is 1. The van der Waals surface area contributed by atoms with Crippen molar-refractivity contribution in [1.29, 1.82) is 0 Å². The first-order chi connectivity index (χ1) is 24.0. The van der Waals surface area contributed by atoms with Crippen molar-refractivity contribution in [2.24, 2.45) is 23.7 Å². The van der Waals surface area contributed by atoms with Gasteiger partial charge < -0.3 is 59.5 Å². The lowest BCUT2D eigenvalue weighted by Crippen LogP contribution is -2.66. The van der Waals surface area contributed by atoms with Crippen molar-refractivity contribution in [2.45, 2.75) is 199 Å². The van der Waals surface area contributed by atoms with Crippen molar-refractivity contribution < 1.29 is 53.6 Å². The fourth-order valence-corrected chi connectivity index (χ4v) is 9.13. The molecule has 0 aromatic carbocycles. The Morgan fingerprint density at radius 1 is 0.942 bits per heavy atom. The van der Waals surface area contributed by atoms with Gasteiger partial charge in [0.1, 0.15) is 29.0 Å².